The molecule has 1 heterocycles. The molecule has 0 aliphatic carbocycles. The van der Waals surface area contributed by atoms with E-state index in [2.05, 4.69) is 10.3 Å². The molecule has 1 aromatic rings. The summed E-state index contributed by atoms with van der Waals surface area (Å²) in [6.07, 6.45) is 0.785. The summed E-state index contributed by atoms with van der Waals surface area (Å²) >= 11 is 1.75. The van der Waals surface area contributed by atoms with Crippen molar-refractivity contribution in [2.75, 3.05) is 32.3 Å². The molecule has 0 aromatic heterocycles. The molecule has 4 N–H and O–H groups in total. The molecule has 1 aliphatic rings. The van der Waals surface area contributed by atoms with Crippen LogP contribution in [0.5, 0.6) is 11.5 Å². The Morgan fingerprint density at radius 3 is 2.82 bits per heavy atom. The summed E-state index contributed by atoms with van der Waals surface area (Å²) in [5, 5.41) is 13.2. The zero-order chi connectivity index (χ0) is 16.0. The highest BCUT2D eigenvalue weighted by Gasteiger charge is 2.31. The van der Waals surface area contributed by atoms with Gasteiger partial charge in [-0.25, -0.2) is 4.99 Å². The molecule has 0 bridgehead atoms. The number of methoxy groups -OCH3 is 2. The summed E-state index contributed by atoms with van der Waals surface area (Å²) in [5.74, 6) is 3.41. The average Bonchev–Trinajstić information content (AvgIpc) is 2.97. The monoisotopic (exact) mass is 325 g/mol. The molecule has 0 amide bonds. The molecule has 2 rings (SSSR count). The van der Waals surface area contributed by atoms with Crippen LogP contribution in [0.1, 0.15) is 12.0 Å². The summed E-state index contributed by atoms with van der Waals surface area (Å²) in [4.78, 5) is 4.29. The number of rotatable bonds is 6. The van der Waals surface area contributed by atoms with E-state index in [4.69, 9.17) is 15.2 Å². The van der Waals surface area contributed by atoms with Crippen molar-refractivity contribution in [3.8, 4) is 11.5 Å². The Hall–Kier alpha value is -1.60. The van der Waals surface area contributed by atoms with Crippen LogP contribution >= 0.6 is 11.8 Å². The standard InChI is InChI=1S/C15H23N3O3S/c1-20-12-4-3-11(7-13(12)21-2)8-17-14(16)18-9-15(19)5-6-22-10-15/h3-4,7,19H,5-6,8-10H2,1-2H3,(H3,16,17,18). The van der Waals surface area contributed by atoms with Crippen LogP contribution in [-0.2, 0) is 6.54 Å². The van der Waals surface area contributed by atoms with Crippen LogP contribution in [0.25, 0.3) is 0 Å². The third-order valence-corrected chi connectivity index (χ3v) is 4.80. The molecule has 1 saturated heterocycles. The predicted octanol–water partition coefficient (Wildman–Crippen LogP) is 0.976. The lowest BCUT2D eigenvalue weighted by Crippen LogP contribution is -2.45. The fourth-order valence-electron chi connectivity index (χ4n) is 2.20. The van der Waals surface area contributed by atoms with Crippen molar-refractivity contribution in [2.45, 2.75) is 18.6 Å². The van der Waals surface area contributed by atoms with Gasteiger partial charge in [0.05, 0.1) is 26.4 Å². The van der Waals surface area contributed by atoms with Crippen LogP contribution in [0.4, 0.5) is 0 Å². The van der Waals surface area contributed by atoms with Crippen molar-refractivity contribution < 1.29 is 14.6 Å². The van der Waals surface area contributed by atoms with Crippen LogP contribution in [0.15, 0.2) is 23.2 Å². The zero-order valence-corrected chi connectivity index (χ0v) is 13.8. The van der Waals surface area contributed by atoms with Gasteiger partial charge in [-0.1, -0.05) is 6.07 Å². The molecule has 1 fully saturated rings. The molecule has 6 nitrogen and oxygen atoms in total. The van der Waals surface area contributed by atoms with Crippen molar-refractivity contribution in [3.05, 3.63) is 23.8 Å². The van der Waals surface area contributed by atoms with Crippen molar-refractivity contribution in [1.82, 2.24) is 5.32 Å². The van der Waals surface area contributed by atoms with Gasteiger partial charge in [0, 0.05) is 12.3 Å². The van der Waals surface area contributed by atoms with E-state index < -0.39 is 5.60 Å². The second-order valence-electron chi connectivity index (χ2n) is 5.27. The van der Waals surface area contributed by atoms with Gasteiger partial charge in [0.1, 0.15) is 0 Å². The van der Waals surface area contributed by atoms with Gasteiger partial charge in [-0.2, -0.15) is 11.8 Å². The molecule has 1 aromatic carbocycles. The van der Waals surface area contributed by atoms with Crippen LogP contribution in [-0.4, -0.2) is 48.9 Å². The second kappa shape index (κ2) is 7.60. The Morgan fingerprint density at radius 2 is 2.18 bits per heavy atom. The maximum absolute atomic E-state index is 10.2. The number of hydrogen-bond acceptors (Lipinski definition) is 5. The fraction of sp³-hybridized carbons (Fsp3) is 0.533. The van der Waals surface area contributed by atoms with Gasteiger partial charge in [-0.15, -0.1) is 0 Å². The normalized spacial score (nSPS) is 21.7. The number of nitrogens with one attached hydrogen (secondary N) is 1. The van der Waals surface area contributed by atoms with E-state index in [0.717, 1.165) is 23.5 Å². The Bertz CT molecular complexity index is 531. The quantitative estimate of drug-likeness (QED) is 0.534. The smallest absolute Gasteiger partial charge is 0.189 e. The van der Waals surface area contributed by atoms with Crippen LogP contribution in [0.3, 0.4) is 0 Å². The highest BCUT2D eigenvalue weighted by molar-refractivity contribution is 7.99. The molecule has 7 heteroatoms. The SMILES string of the molecule is COc1ccc(CN=C(N)NCC2(O)CCSC2)cc1OC. The molecular weight excluding hydrogens is 302 g/mol. The first-order valence-electron chi connectivity index (χ1n) is 7.11. The van der Waals surface area contributed by atoms with E-state index in [1.54, 1.807) is 26.0 Å². The van der Waals surface area contributed by atoms with Gasteiger partial charge in [-0.3, -0.25) is 0 Å². The lowest BCUT2D eigenvalue weighted by Gasteiger charge is -2.21. The minimum atomic E-state index is -0.672. The summed E-state index contributed by atoms with van der Waals surface area (Å²) in [7, 11) is 3.20. The maximum atomic E-state index is 10.2. The van der Waals surface area contributed by atoms with Gasteiger partial charge in [0.2, 0.25) is 0 Å². The number of benzene rings is 1. The van der Waals surface area contributed by atoms with Gasteiger partial charge in [-0.05, 0) is 29.9 Å². The Morgan fingerprint density at radius 1 is 1.41 bits per heavy atom. The third kappa shape index (κ3) is 4.45. The molecular formula is C15H23N3O3S. The molecule has 22 heavy (non-hydrogen) atoms. The number of nitrogens with zero attached hydrogens (tertiary/aromatic N) is 1. The lowest BCUT2D eigenvalue weighted by atomic mass is 10.0. The Balaban J connectivity index is 1.90. The number of ether oxygens (including phenoxy) is 2. The summed E-state index contributed by atoms with van der Waals surface area (Å²) in [5.41, 5.74) is 6.15. The van der Waals surface area contributed by atoms with E-state index in [0.29, 0.717) is 30.5 Å². The van der Waals surface area contributed by atoms with Crippen LogP contribution in [0.2, 0.25) is 0 Å². The number of nitrogens with two attached hydrogens (primary N) is 1. The average molecular weight is 325 g/mol. The minimum absolute atomic E-state index is 0.333. The first-order valence-corrected chi connectivity index (χ1v) is 8.26. The second-order valence-corrected chi connectivity index (χ2v) is 6.38. The van der Waals surface area contributed by atoms with Gasteiger partial charge >= 0.3 is 0 Å². The topological polar surface area (TPSA) is 89.1 Å². The lowest BCUT2D eigenvalue weighted by molar-refractivity contribution is 0.0726. The third-order valence-electron chi connectivity index (χ3n) is 3.56. The summed E-state index contributed by atoms with van der Waals surface area (Å²) < 4.78 is 10.5. The highest BCUT2D eigenvalue weighted by Crippen LogP contribution is 2.28. The first-order chi connectivity index (χ1) is 10.6. The summed E-state index contributed by atoms with van der Waals surface area (Å²) in [6, 6.07) is 5.63. The fourth-order valence-corrected chi connectivity index (χ4v) is 3.50. The molecule has 0 spiro atoms. The van der Waals surface area contributed by atoms with Crippen LogP contribution in [0, 0.1) is 0 Å². The summed E-state index contributed by atoms with van der Waals surface area (Å²) in [6.45, 7) is 0.869. The van der Waals surface area contributed by atoms with Gasteiger partial charge in [0.15, 0.2) is 17.5 Å². The molecule has 1 aliphatic heterocycles. The Labute approximate surface area is 135 Å². The molecule has 0 saturated carbocycles. The first kappa shape index (κ1) is 16.8. The largest absolute Gasteiger partial charge is 0.493 e. The number of guanidine groups is 1. The molecule has 1 atom stereocenters. The number of aliphatic imine (C=N–C) groups is 1. The van der Waals surface area contributed by atoms with E-state index in [9.17, 15) is 5.11 Å². The van der Waals surface area contributed by atoms with E-state index >= 15 is 0 Å². The van der Waals surface area contributed by atoms with Crippen molar-refractivity contribution in [3.63, 3.8) is 0 Å². The number of hydrogen-bond donors (Lipinski definition) is 3. The van der Waals surface area contributed by atoms with Gasteiger partial charge in [0.25, 0.3) is 0 Å². The minimum Gasteiger partial charge on any atom is -0.493 e. The van der Waals surface area contributed by atoms with E-state index in [1.165, 1.54) is 0 Å². The highest BCUT2D eigenvalue weighted by atomic mass is 32.2. The van der Waals surface area contributed by atoms with Crippen molar-refractivity contribution in [1.29, 1.82) is 0 Å². The molecule has 122 valence electrons. The van der Waals surface area contributed by atoms with E-state index in [-0.39, 0.29) is 0 Å². The predicted molar refractivity (Wildman–Crippen MR) is 89.8 cm³/mol. The number of aliphatic hydroxyl groups is 1. The zero-order valence-electron chi connectivity index (χ0n) is 13.0. The van der Waals surface area contributed by atoms with Gasteiger partial charge < -0.3 is 25.6 Å². The number of thioether (sulfide) groups is 1. The van der Waals surface area contributed by atoms with Crippen molar-refractivity contribution >= 4 is 17.7 Å². The molecule has 0 radical (unpaired) electrons. The van der Waals surface area contributed by atoms with Crippen LogP contribution < -0.4 is 20.5 Å². The molecule has 1 unspecified atom stereocenters. The maximum Gasteiger partial charge on any atom is 0.189 e. The van der Waals surface area contributed by atoms with Crippen molar-refractivity contribution in [2.24, 2.45) is 10.7 Å². The van der Waals surface area contributed by atoms with E-state index in [1.807, 2.05) is 18.2 Å². The Kier molecular flexibility index (Phi) is 5.79.